The Morgan fingerprint density at radius 2 is 1.97 bits per heavy atom. The monoisotopic (exact) mass is 533 g/mol. The molecule has 2 aliphatic heterocycles. The van der Waals surface area contributed by atoms with Gasteiger partial charge in [0.15, 0.2) is 11.8 Å². The summed E-state index contributed by atoms with van der Waals surface area (Å²) in [4.78, 5) is 11.7. The number of likely N-dealkylation sites (tertiary alicyclic amines) is 1. The van der Waals surface area contributed by atoms with Crippen molar-refractivity contribution in [2.45, 2.75) is 77.6 Å². The maximum absolute atomic E-state index is 5.16. The highest BCUT2D eigenvalue weighted by atomic mass is 127. The highest BCUT2D eigenvalue weighted by molar-refractivity contribution is 14.0. The second-order valence-corrected chi connectivity index (χ2v) is 8.65. The summed E-state index contributed by atoms with van der Waals surface area (Å²) < 4.78 is 7.17. The minimum atomic E-state index is 0. The van der Waals surface area contributed by atoms with Crippen molar-refractivity contribution < 1.29 is 4.74 Å². The van der Waals surface area contributed by atoms with Crippen LogP contribution in [-0.4, -0.2) is 71.5 Å². The lowest BCUT2D eigenvalue weighted by molar-refractivity contribution is 0.161. The number of ether oxygens (including phenoxy) is 1. The van der Waals surface area contributed by atoms with Crippen LogP contribution in [0.4, 0.5) is 0 Å². The molecule has 0 aliphatic carbocycles. The van der Waals surface area contributed by atoms with Crippen LogP contribution in [0.15, 0.2) is 4.99 Å². The van der Waals surface area contributed by atoms with Gasteiger partial charge >= 0.3 is 0 Å². The van der Waals surface area contributed by atoms with E-state index in [-0.39, 0.29) is 24.0 Å². The molecule has 0 amide bonds. The number of hydrogen-bond acceptors (Lipinski definition) is 5. The quantitative estimate of drug-likeness (QED) is 0.319. The molecule has 0 aromatic carbocycles. The molecule has 1 fully saturated rings. The van der Waals surface area contributed by atoms with Gasteiger partial charge in [-0.1, -0.05) is 26.7 Å². The average molecular weight is 534 g/mol. The van der Waals surface area contributed by atoms with Gasteiger partial charge in [0.2, 0.25) is 0 Å². The first-order valence-electron chi connectivity index (χ1n) is 11.2. The fourth-order valence-corrected chi connectivity index (χ4v) is 4.47. The lowest BCUT2D eigenvalue weighted by Gasteiger charge is -2.34. The summed E-state index contributed by atoms with van der Waals surface area (Å²) in [5.41, 5.74) is 0. The van der Waals surface area contributed by atoms with Crippen LogP contribution in [0.2, 0.25) is 0 Å². The first-order chi connectivity index (χ1) is 14.1. The topological polar surface area (TPSA) is 79.6 Å². The Morgan fingerprint density at radius 3 is 2.60 bits per heavy atom. The number of guanidine groups is 1. The normalized spacial score (nSPS) is 21.5. The summed E-state index contributed by atoms with van der Waals surface area (Å²) in [7, 11) is 3.53. The lowest BCUT2D eigenvalue weighted by atomic mass is 10.0. The van der Waals surface area contributed by atoms with E-state index in [4.69, 9.17) is 4.74 Å². The molecule has 0 spiro atoms. The van der Waals surface area contributed by atoms with Crippen LogP contribution in [0, 0.1) is 5.92 Å². The van der Waals surface area contributed by atoms with E-state index >= 15 is 0 Å². The minimum absolute atomic E-state index is 0. The van der Waals surface area contributed by atoms with Crippen LogP contribution in [-0.2, 0) is 24.3 Å². The molecule has 9 heteroatoms. The second-order valence-electron chi connectivity index (χ2n) is 8.65. The van der Waals surface area contributed by atoms with Gasteiger partial charge in [0.1, 0.15) is 12.4 Å². The molecule has 2 unspecified atom stereocenters. The van der Waals surface area contributed by atoms with E-state index in [1.54, 1.807) is 7.11 Å². The fourth-order valence-electron chi connectivity index (χ4n) is 4.47. The van der Waals surface area contributed by atoms with E-state index in [9.17, 15) is 0 Å². The third-order valence-electron chi connectivity index (χ3n) is 6.10. The van der Waals surface area contributed by atoms with Crippen molar-refractivity contribution in [2.24, 2.45) is 10.9 Å². The smallest absolute Gasteiger partial charge is 0.191 e. The Balaban J connectivity index is 0.00000320. The molecule has 1 aromatic heterocycles. The summed E-state index contributed by atoms with van der Waals surface area (Å²) in [6.07, 6.45) is 7.35. The number of fused-ring (bicyclic) bond motifs is 1. The molecule has 30 heavy (non-hydrogen) atoms. The van der Waals surface area contributed by atoms with Crippen molar-refractivity contribution in [3.05, 3.63) is 11.6 Å². The number of rotatable bonds is 7. The third-order valence-corrected chi connectivity index (χ3v) is 6.10. The number of methoxy groups -OCH3 is 1. The van der Waals surface area contributed by atoms with Gasteiger partial charge in [-0.05, 0) is 38.3 Å². The Morgan fingerprint density at radius 1 is 1.23 bits per heavy atom. The molecule has 3 heterocycles. The molecule has 1 saturated heterocycles. The number of aromatic nitrogens is 3. The summed E-state index contributed by atoms with van der Waals surface area (Å²) in [5, 5.41) is 11.8. The van der Waals surface area contributed by atoms with Crippen molar-refractivity contribution in [3.63, 3.8) is 0 Å². The molecule has 8 nitrogen and oxygen atoms in total. The number of hydrogen-bond donors (Lipinski definition) is 2. The van der Waals surface area contributed by atoms with E-state index in [2.05, 4.69) is 44.5 Å². The van der Waals surface area contributed by atoms with Crippen molar-refractivity contribution in [2.75, 3.05) is 33.8 Å². The number of nitrogens with one attached hydrogen (secondary N) is 2. The summed E-state index contributed by atoms with van der Waals surface area (Å²) in [6.45, 7) is 9.31. The molecule has 2 aliphatic rings. The Labute approximate surface area is 198 Å². The second kappa shape index (κ2) is 12.8. The Kier molecular flexibility index (Phi) is 10.8. The van der Waals surface area contributed by atoms with E-state index in [0.717, 1.165) is 43.5 Å². The minimum Gasteiger partial charge on any atom is -0.377 e. The molecule has 172 valence electrons. The maximum Gasteiger partial charge on any atom is 0.191 e. The van der Waals surface area contributed by atoms with Crippen LogP contribution in [0.25, 0.3) is 0 Å². The number of aliphatic imine (C=N–C) groups is 1. The molecular weight excluding hydrogens is 493 g/mol. The van der Waals surface area contributed by atoms with Gasteiger partial charge in [-0.15, -0.1) is 24.0 Å². The highest BCUT2D eigenvalue weighted by Crippen LogP contribution is 2.17. The molecule has 1 aromatic rings. The first kappa shape index (κ1) is 25.3. The standard InChI is InChI=1S/C21H39N7O.HI/c1-16(2)18(27-11-7-5-6-8-12-27)13-23-21(22-3)24-17-9-10-20-25-19(15-29-4)26-28(20)14-17;/h16-18H,5-15H2,1-4H3,(H2,22,23,24);1H. The first-order valence-corrected chi connectivity index (χ1v) is 11.2. The summed E-state index contributed by atoms with van der Waals surface area (Å²) in [6, 6.07) is 0.845. The van der Waals surface area contributed by atoms with Crippen molar-refractivity contribution in [1.29, 1.82) is 0 Å². The van der Waals surface area contributed by atoms with Crippen LogP contribution in [0.1, 0.15) is 57.6 Å². The van der Waals surface area contributed by atoms with Gasteiger partial charge < -0.3 is 15.4 Å². The molecule has 0 saturated carbocycles. The molecule has 0 bridgehead atoms. The highest BCUT2D eigenvalue weighted by Gasteiger charge is 2.25. The molecule has 3 rings (SSSR count). The van der Waals surface area contributed by atoms with E-state index in [1.807, 2.05) is 11.7 Å². The number of nitrogens with zero attached hydrogens (tertiary/aromatic N) is 5. The third kappa shape index (κ3) is 7.05. The zero-order valence-electron chi connectivity index (χ0n) is 19.1. The average Bonchev–Trinajstić information content (AvgIpc) is 2.91. The van der Waals surface area contributed by atoms with E-state index < -0.39 is 0 Å². The van der Waals surface area contributed by atoms with Gasteiger partial charge in [-0.25, -0.2) is 9.67 Å². The van der Waals surface area contributed by atoms with Gasteiger partial charge in [0, 0.05) is 39.2 Å². The molecule has 2 N–H and O–H groups in total. The SMILES string of the molecule is CN=C(NCC(C(C)C)N1CCCCCC1)NC1CCc2nc(COC)nn2C1.I. The fraction of sp³-hybridized carbons (Fsp3) is 0.857. The van der Waals surface area contributed by atoms with Gasteiger partial charge in [-0.2, -0.15) is 5.10 Å². The predicted octanol–water partition coefficient (Wildman–Crippen LogP) is 2.42. The van der Waals surface area contributed by atoms with E-state index in [0.29, 0.717) is 24.6 Å². The Bertz CT molecular complexity index is 656. The summed E-state index contributed by atoms with van der Waals surface area (Å²) >= 11 is 0. The van der Waals surface area contributed by atoms with Gasteiger partial charge in [0.25, 0.3) is 0 Å². The summed E-state index contributed by atoms with van der Waals surface area (Å²) in [5.74, 6) is 3.32. The van der Waals surface area contributed by atoms with Crippen molar-refractivity contribution in [3.8, 4) is 0 Å². The Hall–Kier alpha value is -0.940. The molecular formula is C21H40IN7O. The zero-order valence-corrected chi connectivity index (χ0v) is 21.4. The van der Waals surface area contributed by atoms with Gasteiger partial charge in [0.05, 0.1) is 6.54 Å². The predicted molar refractivity (Wildman–Crippen MR) is 131 cm³/mol. The van der Waals surface area contributed by atoms with Crippen LogP contribution < -0.4 is 10.6 Å². The van der Waals surface area contributed by atoms with Crippen LogP contribution in [0.5, 0.6) is 0 Å². The van der Waals surface area contributed by atoms with Crippen LogP contribution in [0.3, 0.4) is 0 Å². The van der Waals surface area contributed by atoms with Gasteiger partial charge in [-0.3, -0.25) is 9.89 Å². The van der Waals surface area contributed by atoms with Crippen molar-refractivity contribution in [1.82, 2.24) is 30.3 Å². The van der Waals surface area contributed by atoms with E-state index in [1.165, 1.54) is 38.8 Å². The zero-order chi connectivity index (χ0) is 20.6. The lowest BCUT2D eigenvalue weighted by Crippen LogP contribution is -2.52. The van der Waals surface area contributed by atoms with Crippen molar-refractivity contribution >= 4 is 29.9 Å². The number of aryl methyl sites for hydroxylation is 1. The van der Waals surface area contributed by atoms with Crippen LogP contribution >= 0.6 is 24.0 Å². The number of halogens is 1. The molecule has 0 radical (unpaired) electrons. The molecule has 2 atom stereocenters. The largest absolute Gasteiger partial charge is 0.377 e. The maximum atomic E-state index is 5.16.